The lowest BCUT2D eigenvalue weighted by atomic mass is 10.2. The Kier molecular flexibility index (Phi) is 5.26. The highest BCUT2D eigenvalue weighted by atomic mass is 19.1. The van der Waals surface area contributed by atoms with Gasteiger partial charge in [-0.25, -0.2) is 4.39 Å². The van der Waals surface area contributed by atoms with Crippen molar-refractivity contribution in [1.82, 2.24) is 5.32 Å². The van der Waals surface area contributed by atoms with Crippen molar-refractivity contribution in [3.8, 4) is 0 Å². The molecule has 0 aliphatic rings. The number of aliphatic carboxylic acids is 1. The van der Waals surface area contributed by atoms with Crippen LogP contribution in [0.2, 0.25) is 0 Å². The highest BCUT2D eigenvalue weighted by molar-refractivity contribution is 5.94. The number of halogens is 1. The molecule has 0 saturated heterocycles. The van der Waals surface area contributed by atoms with Crippen LogP contribution < -0.4 is 10.6 Å². The number of carboxylic acid groups (broad SMARTS) is 1. The molecule has 0 bridgehead atoms. The lowest BCUT2D eigenvalue weighted by Crippen LogP contribution is -2.39. The maximum absolute atomic E-state index is 13.4. The smallest absolute Gasteiger partial charge is 0.321 e. The summed E-state index contributed by atoms with van der Waals surface area (Å²) >= 11 is 0. The molecule has 0 aliphatic heterocycles. The molecule has 0 unspecified atom stereocenters. The molecule has 0 saturated carbocycles. The van der Waals surface area contributed by atoms with Crippen molar-refractivity contribution in [2.45, 2.75) is 19.0 Å². The fourth-order valence-electron chi connectivity index (χ4n) is 1.83. The van der Waals surface area contributed by atoms with E-state index < -0.39 is 23.7 Å². The Morgan fingerprint density at radius 3 is 2.64 bits per heavy atom. The van der Waals surface area contributed by atoms with Gasteiger partial charge in [0, 0.05) is 0 Å². The third-order valence-electron chi connectivity index (χ3n) is 2.94. The quantitative estimate of drug-likeness (QED) is 0.727. The molecule has 1 aromatic carbocycles. The van der Waals surface area contributed by atoms with Gasteiger partial charge in [-0.2, -0.15) is 0 Å². The first kappa shape index (κ1) is 15.7. The van der Waals surface area contributed by atoms with Crippen molar-refractivity contribution in [2.24, 2.45) is 0 Å². The van der Waals surface area contributed by atoms with E-state index in [4.69, 9.17) is 9.52 Å². The SMILES string of the molecule is O=C(C[C@@H](NCc1ccco1)C(=O)O)Nc1ccccc1F. The van der Waals surface area contributed by atoms with Crippen LogP contribution in [0.1, 0.15) is 12.2 Å². The van der Waals surface area contributed by atoms with Gasteiger partial charge >= 0.3 is 5.97 Å². The number of furan rings is 1. The largest absolute Gasteiger partial charge is 0.480 e. The number of hydrogen-bond donors (Lipinski definition) is 3. The van der Waals surface area contributed by atoms with E-state index in [2.05, 4.69) is 10.6 Å². The molecular weight excluding hydrogens is 291 g/mol. The third kappa shape index (κ3) is 4.42. The second-order valence-electron chi connectivity index (χ2n) is 4.58. The summed E-state index contributed by atoms with van der Waals surface area (Å²) in [5.41, 5.74) is 0.0164. The van der Waals surface area contributed by atoms with Crippen molar-refractivity contribution >= 4 is 17.6 Å². The molecular formula is C15H15FN2O4. The monoisotopic (exact) mass is 306 g/mol. The van der Waals surface area contributed by atoms with Crippen LogP contribution in [0, 0.1) is 5.82 Å². The van der Waals surface area contributed by atoms with E-state index in [0.717, 1.165) is 0 Å². The zero-order valence-corrected chi connectivity index (χ0v) is 11.6. The number of benzene rings is 1. The molecule has 7 heteroatoms. The van der Waals surface area contributed by atoms with Gasteiger partial charge in [-0.15, -0.1) is 0 Å². The van der Waals surface area contributed by atoms with Crippen LogP contribution >= 0.6 is 0 Å². The lowest BCUT2D eigenvalue weighted by Gasteiger charge is -2.13. The van der Waals surface area contributed by atoms with E-state index >= 15 is 0 Å². The summed E-state index contributed by atoms with van der Waals surface area (Å²) < 4.78 is 18.5. The Balaban J connectivity index is 1.91. The average molecular weight is 306 g/mol. The van der Waals surface area contributed by atoms with E-state index in [0.29, 0.717) is 5.76 Å². The Morgan fingerprint density at radius 2 is 2.00 bits per heavy atom. The summed E-state index contributed by atoms with van der Waals surface area (Å²) in [5, 5.41) is 14.2. The van der Waals surface area contributed by atoms with Gasteiger partial charge < -0.3 is 14.8 Å². The molecule has 0 fully saturated rings. The summed E-state index contributed by atoms with van der Waals surface area (Å²) in [7, 11) is 0. The maximum atomic E-state index is 13.4. The zero-order chi connectivity index (χ0) is 15.9. The Bertz CT molecular complexity index is 643. The van der Waals surface area contributed by atoms with E-state index in [1.165, 1.54) is 24.5 Å². The fraction of sp³-hybridized carbons (Fsp3) is 0.200. The van der Waals surface area contributed by atoms with Crippen LogP contribution in [-0.4, -0.2) is 23.0 Å². The van der Waals surface area contributed by atoms with Gasteiger partial charge in [0.15, 0.2) is 0 Å². The van der Waals surface area contributed by atoms with Crippen LogP contribution in [0.4, 0.5) is 10.1 Å². The predicted octanol–water partition coefficient (Wildman–Crippen LogP) is 1.99. The summed E-state index contributed by atoms with van der Waals surface area (Å²) in [6.45, 7) is 0.178. The minimum atomic E-state index is -1.17. The molecule has 22 heavy (non-hydrogen) atoms. The second-order valence-corrected chi connectivity index (χ2v) is 4.58. The molecule has 3 N–H and O–H groups in total. The van der Waals surface area contributed by atoms with Gasteiger partial charge in [0.05, 0.1) is 24.9 Å². The molecule has 1 heterocycles. The number of para-hydroxylation sites is 1. The van der Waals surface area contributed by atoms with Gasteiger partial charge in [0.1, 0.15) is 17.6 Å². The number of hydrogen-bond acceptors (Lipinski definition) is 4. The summed E-state index contributed by atoms with van der Waals surface area (Å²) in [4.78, 5) is 23.0. The molecule has 0 spiro atoms. The molecule has 0 radical (unpaired) electrons. The normalized spacial score (nSPS) is 11.9. The van der Waals surface area contributed by atoms with Crippen LogP contribution in [-0.2, 0) is 16.1 Å². The van der Waals surface area contributed by atoms with Crippen molar-refractivity contribution in [2.75, 3.05) is 5.32 Å². The number of amides is 1. The lowest BCUT2D eigenvalue weighted by molar-refractivity contribution is -0.141. The van der Waals surface area contributed by atoms with Gasteiger partial charge in [-0.3, -0.25) is 14.9 Å². The zero-order valence-electron chi connectivity index (χ0n) is 11.6. The van der Waals surface area contributed by atoms with E-state index in [1.807, 2.05) is 0 Å². The Labute approximate surface area is 125 Å². The average Bonchev–Trinajstić information content (AvgIpc) is 2.99. The number of rotatable bonds is 7. The molecule has 2 aromatic rings. The third-order valence-corrected chi connectivity index (χ3v) is 2.94. The Morgan fingerprint density at radius 1 is 1.23 bits per heavy atom. The molecule has 0 aliphatic carbocycles. The molecule has 6 nitrogen and oxygen atoms in total. The standard InChI is InChI=1S/C15H15FN2O4/c16-11-5-1-2-6-12(11)18-14(19)8-13(15(20)21)17-9-10-4-3-7-22-10/h1-7,13,17H,8-9H2,(H,18,19)(H,20,21)/t13-/m1/s1. The van der Waals surface area contributed by atoms with Gasteiger partial charge in [-0.1, -0.05) is 12.1 Å². The van der Waals surface area contributed by atoms with Crippen LogP contribution in [0.5, 0.6) is 0 Å². The van der Waals surface area contributed by atoms with Crippen molar-refractivity contribution in [3.05, 3.63) is 54.2 Å². The number of nitrogens with one attached hydrogen (secondary N) is 2. The predicted molar refractivity (Wildman–Crippen MR) is 76.6 cm³/mol. The first-order valence-electron chi connectivity index (χ1n) is 6.59. The van der Waals surface area contributed by atoms with Crippen molar-refractivity contribution in [1.29, 1.82) is 0 Å². The minimum Gasteiger partial charge on any atom is -0.480 e. The van der Waals surface area contributed by atoms with E-state index in [9.17, 15) is 14.0 Å². The molecule has 1 atom stereocenters. The second kappa shape index (κ2) is 7.37. The molecule has 116 valence electrons. The van der Waals surface area contributed by atoms with Crippen LogP contribution in [0.3, 0.4) is 0 Å². The van der Waals surface area contributed by atoms with Gasteiger partial charge in [-0.05, 0) is 24.3 Å². The molecule has 2 rings (SSSR count). The topological polar surface area (TPSA) is 91.6 Å². The minimum absolute atomic E-state index is 0.0164. The first-order valence-corrected chi connectivity index (χ1v) is 6.59. The van der Waals surface area contributed by atoms with Gasteiger partial charge in [0.25, 0.3) is 0 Å². The molecule has 1 amide bonds. The van der Waals surface area contributed by atoms with E-state index in [-0.39, 0.29) is 18.7 Å². The summed E-state index contributed by atoms with van der Waals surface area (Å²) in [5.74, 6) is -1.79. The summed E-state index contributed by atoms with van der Waals surface area (Å²) in [6.07, 6.45) is 1.14. The number of carbonyl (C=O) groups excluding carboxylic acids is 1. The highest BCUT2D eigenvalue weighted by Crippen LogP contribution is 2.13. The van der Waals surface area contributed by atoms with Crippen LogP contribution in [0.25, 0.3) is 0 Å². The van der Waals surface area contributed by atoms with Gasteiger partial charge in [0.2, 0.25) is 5.91 Å². The number of carboxylic acids is 1. The van der Waals surface area contributed by atoms with Crippen molar-refractivity contribution < 1.29 is 23.5 Å². The maximum Gasteiger partial charge on any atom is 0.321 e. The highest BCUT2D eigenvalue weighted by Gasteiger charge is 2.21. The first-order chi connectivity index (χ1) is 10.6. The fourth-order valence-corrected chi connectivity index (χ4v) is 1.83. The van der Waals surface area contributed by atoms with Crippen molar-refractivity contribution in [3.63, 3.8) is 0 Å². The number of carbonyl (C=O) groups is 2. The van der Waals surface area contributed by atoms with Crippen LogP contribution in [0.15, 0.2) is 47.1 Å². The Hall–Kier alpha value is -2.67. The van der Waals surface area contributed by atoms with E-state index in [1.54, 1.807) is 18.2 Å². The summed E-state index contributed by atoms with van der Waals surface area (Å²) in [6, 6.07) is 7.94. The number of anilines is 1. The molecule has 1 aromatic heterocycles.